The molecule has 3 rings (SSSR count). The van der Waals surface area contributed by atoms with Crippen LogP contribution in [0.4, 0.5) is 19.0 Å². The van der Waals surface area contributed by atoms with Crippen molar-refractivity contribution in [2.24, 2.45) is 0 Å². The SMILES string of the molecule is COCCNC(=O)c1ccc(CSc2nc(N3CCN(C)CC3)cc(C(F)(F)F)n2)cc1. The normalized spacial score (nSPS) is 15.1. The van der Waals surface area contributed by atoms with Crippen molar-refractivity contribution in [3.05, 3.63) is 47.2 Å². The van der Waals surface area contributed by atoms with Gasteiger partial charge in [0.2, 0.25) is 0 Å². The number of thioether (sulfide) groups is 1. The number of alkyl halides is 3. The highest BCUT2D eigenvalue weighted by atomic mass is 32.2. The third-order valence-corrected chi connectivity index (χ3v) is 5.90. The molecule has 0 unspecified atom stereocenters. The summed E-state index contributed by atoms with van der Waals surface area (Å²) in [5.41, 5.74) is 0.417. The first-order chi connectivity index (χ1) is 15.3. The van der Waals surface area contributed by atoms with Crippen LogP contribution in [0.25, 0.3) is 0 Å². The van der Waals surface area contributed by atoms with Gasteiger partial charge in [0.15, 0.2) is 10.9 Å². The molecule has 0 radical (unpaired) electrons. The number of carbonyl (C=O) groups is 1. The fraction of sp³-hybridized carbons (Fsp3) is 0.476. The number of nitrogens with zero attached hydrogens (tertiary/aromatic N) is 4. The molecule has 1 aliphatic heterocycles. The van der Waals surface area contributed by atoms with Crippen LogP contribution in [0.1, 0.15) is 21.6 Å². The maximum Gasteiger partial charge on any atom is 0.433 e. The Balaban J connectivity index is 1.68. The highest BCUT2D eigenvalue weighted by Gasteiger charge is 2.34. The average Bonchev–Trinajstić information content (AvgIpc) is 2.78. The fourth-order valence-electron chi connectivity index (χ4n) is 3.09. The molecule has 0 spiro atoms. The smallest absolute Gasteiger partial charge is 0.383 e. The Morgan fingerprint density at radius 3 is 2.47 bits per heavy atom. The quantitative estimate of drug-likeness (QED) is 0.362. The minimum absolute atomic E-state index is 0.0788. The Labute approximate surface area is 189 Å². The van der Waals surface area contributed by atoms with Gasteiger partial charge >= 0.3 is 6.18 Å². The Morgan fingerprint density at radius 1 is 1.16 bits per heavy atom. The van der Waals surface area contributed by atoms with E-state index in [1.807, 2.05) is 11.9 Å². The van der Waals surface area contributed by atoms with Gasteiger partial charge in [-0.05, 0) is 24.7 Å². The number of hydrogen-bond donors (Lipinski definition) is 1. The van der Waals surface area contributed by atoms with Gasteiger partial charge in [0.1, 0.15) is 5.82 Å². The summed E-state index contributed by atoms with van der Waals surface area (Å²) in [6.07, 6.45) is -4.54. The second-order valence-corrected chi connectivity index (χ2v) is 8.36. The van der Waals surface area contributed by atoms with E-state index in [0.717, 1.165) is 36.5 Å². The van der Waals surface area contributed by atoms with E-state index >= 15 is 0 Å². The predicted octanol–water partition coefficient (Wildman–Crippen LogP) is 2.92. The van der Waals surface area contributed by atoms with E-state index in [2.05, 4.69) is 20.2 Å². The first kappa shape index (κ1) is 24.3. The zero-order valence-corrected chi connectivity index (χ0v) is 18.8. The standard InChI is InChI=1S/C21H26F3N5O2S/c1-28-8-10-29(11-9-28)18-13-17(21(22,23)24)26-20(27-18)32-14-15-3-5-16(6-4-15)19(30)25-7-12-31-2/h3-6,13H,7-12,14H2,1-2H3,(H,25,30). The van der Waals surface area contributed by atoms with Gasteiger partial charge in [-0.1, -0.05) is 23.9 Å². The van der Waals surface area contributed by atoms with Crippen LogP contribution in [-0.2, 0) is 16.7 Å². The average molecular weight is 470 g/mol. The first-order valence-corrected chi connectivity index (χ1v) is 11.1. The largest absolute Gasteiger partial charge is 0.433 e. The van der Waals surface area contributed by atoms with Gasteiger partial charge in [-0.15, -0.1) is 0 Å². The van der Waals surface area contributed by atoms with Crippen molar-refractivity contribution in [2.75, 3.05) is 58.4 Å². The van der Waals surface area contributed by atoms with Crippen molar-refractivity contribution in [3.63, 3.8) is 0 Å². The summed E-state index contributed by atoms with van der Waals surface area (Å²) in [6, 6.07) is 7.92. The Hall–Kier alpha value is -2.37. The minimum atomic E-state index is -4.54. The molecule has 1 fully saturated rings. The van der Waals surface area contributed by atoms with Crippen molar-refractivity contribution in [3.8, 4) is 0 Å². The number of likely N-dealkylation sites (N-methyl/N-ethyl adjacent to an activating group) is 1. The summed E-state index contributed by atoms with van der Waals surface area (Å²) < 4.78 is 45.1. The number of hydrogen-bond acceptors (Lipinski definition) is 7. The number of aromatic nitrogens is 2. The van der Waals surface area contributed by atoms with Crippen molar-refractivity contribution >= 4 is 23.5 Å². The van der Waals surface area contributed by atoms with E-state index in [1.165, 1.54) is 0 Å². The van der Waals surface area contributed by atoms with Crippen LogP contribution in [0.5, 0.6) is 0 Å². The highest BCUT2D eigenvalue weighted by molar-refractivity contribution is 7.98. The molecule has 1 N–H and O–H groups in total. The topological polar surface area (TPSA) is 70.6 Å². The lowest BCUT2D eigenvalue weighted by molar-refractivity contribution is -0.141. The summed E-state index contributed by atoms with van der Waals surface area (Å²) in [7, 11) is 3.54. The Bertz CT molecular complexity index is 903. The van der Waals surface area contributed by atoms with Gasteiger partial charge in [0.05, 0.1) is 6.61 Å². The van der Waals surface area contributed by atoms with Crippen LogP contribution in [0.2, 0.25) is 0 Å². The molecule has 0 atom stereocenters. The number of halogens is 3. The van der Waals surface area contributed by atoms with E-state index in [-0.39, 0.29) is 11.1 Å². The van der Waals surface area contributed by atoms with Gasteiger partial charge in [-0.2, -0.15) is 13.2 Å². The molecule has 1 aromatic heterocycles. The van der Waals surface area contributed by atoms with Crippen molar-refractivity contribution < 1.29 is 22.7 Å². The number of nitrogens with one attached hydrogen (secondary N) is 1. The molecule has 11 heteroatoms. The van der Waals surface area contributed by atoms with E-state index in [4.69, 9.17) is 4.74 Å². The molecule has 0 saturated carbocycles. The first-order valence-electron chi connectivity index (χ1n) is 10.1. The lowest BCUT2D eigenvalue weighted by Crippen LogP contribution is -2.45. The summed E-state index contributed by atoms with van der Waals surface area (Å²) in [6.45, 7) is 3.59. The summed E-state index contributed by atoms with van der Waals surface area (Å²) in [5.74, 6) is 0.472. The van der Waals surface area contributed by atoms with Crippen molar-refractivity contribution in [1.82, 2.24) is 20.2 Å². The van der Waals surface area contributed by atoms with Crippen LogP contribution >= 0.6 is 11.8 Å². The molecular formula is C21H26F3N5O2S. The number of anilines is 1. The molecule has 1 amide bonds. The highest BCUT2D eigenvalue weighted by Crippen LogP contribution is 2.32. The molecule has 2 aromatic rings. The molecule has 7 nitrogen and oxygen atoms in total. The molecule has 32 heavy (non-hydrogen) atoms. The molecule has 0 bridgehead atoms. The van der Waals surface area contributed by atoms with Crippen molar-refractivity contribution in [1.29, 1.82) is 0 Å². The van der Waals surface area contributed by atoms with Gasteiger partial charge in [0, 0.05) is 57.2 Å². The zero-order chi connectivity index (χ0) is 23.1. The number of carbonyl (C=O) groups excluding carboxylic acids is 1. The lowest BCUT2D eigenvalue weighted by Gasteiger charge is -2.33. The van der Waals surface area contributed by atoms with E-state index in [0.29, 0.717) is 43.4 Å². The van der Waals surface area contributed by atoms with Crippen LogP contribution in [0, 0.1) is 0 Å². The monoisotopic (exact) mass is 469 g/mol. The number of piperazine rings is 1. The number of benzene rings is 1. The van der Waals surface area contributed by atoms with E-state index in [1.54, 1.807) is 31.4 Å². The number of ether oxygens (including phenoxy) is 1. The van der Waals surface area contributed by atoms with Crippen molar-refractivity contribution in [2.45, 2.75) is 17.1 Å². The second kappa shape index (κ2) is 11.0. The molecule has 2 heterocycles. The van der Waals surface area contributed by atoms with Crippen LogP contribution in [0.15, 0.2) is 35.5 Å². The minimum Gasteiger partial charge on any atom is -0.383 e. The number of methoxy groups -OCH3 is 1. The number of amides is 1. The molecule has 174 valence electrons. The summed E-state index contributed by atoms with van der Waals surface area (Å²) in [5, 5.41) is 2.81. The third-order valence-electron chi connectivity index (χ3n) is 4.99. The van der Waals surface area contributed by atoms with Gasteiger partial charge in [-0.3, -0.25) is 4.79 Å². The lowest BCUT2D eigenvalue weighted by atomic mass is 10.1. The zero-order valence-electron chi connectivity index (χ0n) is 18.0. The van der Waals surface area contributed by atoms with E-state index in [9.17, 15) is 18.0 Å². The maximum atomic E-state index is 13.4. The molecule has 1 saturated heterocycles. The van der Waals surface area contributed by atoms with Gasteiger partial charge < -0.3 is 19.9 Å². The van der Waals surface area contributed by atoms with E-state index < -0.39 is 11.9 Å². The van der Waals surface area contributed by atoms with Gasteiger partial charge in [-0.25, -0.2) is 9.97 Å². The molecule has 1 aliphatic rings. The van der Waals surface area contributed by atoms with Gasteiger partial charge in [0.25, 0.3) is 5.91 Å². The van der Waals surface area contributed by atoms with Crippen LogP contribution in [0.3, 0.4) is 0 Å². The van der Waals surface area contributed by atoms with Crippen LogP contribution in [-0.4, -0.2) is 74.3 Å². The number of rotatable bonds is 8. The fourth-order valence-corrected chi connectivity index (χ4v) is 3.90. The molecule has 1 aromatic carbocycles. The predicted molar refractivity (Wildman–Crippen MR) is 117 cm³/mol. The summed E-state index contributed by atoms with van der Waals surface area (Å²) in [4.78, 5) is 24.1. The molecule has 0 aliphatic carbocycles. The second-order valence-electron chi connectivity index (χ2n) is 7.42. The third kappa shape index (κ3) is 6.81. The molecular weight excluding hydrogens is 443 g/mol. The Kier molecular flexibility index (Phi) is 8.32. The Morgan fingerprint density at radius 2 is 1.84 bits per heavy atom. The van der Waals surface area contributed by atoms with Crippen LogP contribution < -0.4 is 10.2 Å². The summed E-state index contributed by atoms with van der Waals surface area (Å²) >= 11 is 1.14. The maximum absolute atomic E-state index is 13.4.